The largest absolute Gasteiger partial charge is 0.354 e. The van der Waals surface area contributed by atoms with Gasteiger partial charge in [-0.2, -0.15) is 0 Å². The highest BCUT2D eigenvalue weighted by Crippen LogP contribution is 2.33. The SMILES string of the molecule is CCC(C)(C)C(=O)[C@@H](c1ccccc1)N1CCNC(=O)C1. The topological polar surface area (TPSA) is 49.4 Å². The molecule has 1 aliphatic rings. The molecule has 2 rings (SSSR count). The first kappa shape index (κ1) is 15.7. The molecule has 1 heterocycles. The standard InChI is InChI=1S/C17H24N2O2/c1-4-17(2,3)16(21)15(13-8-6-5-7-9-13)19-11-10-18-14(20)12-19/h5-9,15H,4,10-12H2,1-3H3,(H,18,20)/t15-/m1/s1. The second kappa shape index (κ2) is 6.39. The Balaban J connectivity index is 2.35. The second-order valence-corrected chi connectivity index (χ2v) is 6.24. The van der Waals surface area contributed by atoms with Crippen LogP contribution in [0.2, 0.25) is 0 Å². The van der Waals surface area contributed by atoms with E-state index in [1.807, 2.05) is 56.0 Å². The molecule has 114 valence electrons. The van der Waals surface area contributed by atoms with E-state index in [4.69, 9.17) is 0 Å². The zero-order valence-electron chi connectivity index (χ0n) is 13.1. The summed E-state index contributed by atoms with van der Waals surface area (Å²) in [7, 11) is 0. The van der Waals surface area contributed by atoms with Crippen molar-refractivity contribution in [3.8, 4) is 0 Å². The Morgan fingerprint density at radius 2 is 2.00 bits per heavy atom. The predicted octanol–water partition coefficient (Wildman–Crippen LogP) is 2.16. The maximum absolute atomic E-state index is 13.0. The average Bonchev–Trinajstić information content (AvgIpc) is 2.48. The first-order valence-corrected chi connectivity index (χ1v) is 7.55. The van der Waals surface area contributed by atoms with E-state index < -0.39 is 5.41 Å². The van der Waals surface area contributed by atoms with Gasteiger partial charge < -0.3 is 5.32 Å². The fourth-order valence-electron chi connectivity index (χ4n) is 2.59. The number of carbonyl (C=O) groups excluding carboxylic acids is 2. The molecule has 0 unspecified atom stereocenters. The lowest BCUT2D eigenvalue weighted by molar-refractivity contribution is -0.135. The summed E-state index contributed by atoms with van der Waals surface area (Å²) in [4.78, 5) is 26.7. The third-order valence-corrected chi connectivity index (χ3v) is 4.35. The molecule has 4 heteroatoms. The van der Waals surface area contributed by atoms with E-state index in [0.717, 1.165) is 12.0 Å². The number of piperazine rings is 1. The lowest BCUT2D eigenvalue weighted by atomic mass is 9.79. The van der Waals surface area contributed by atoms with Crippen molar-refractivity contribution in [2.75, 3.05) is 19.6 Å². The lowest BCUT2D eigenvalue weighted by Gasteiger charge is -2.37. The molecule has 0 radical (unpaired) electrons. The fraction of sp³-hybridized carbons (Fsp3) is 0.529. The third kappa shape index (κ3) is 3.50. The molecule has 4 nitrogen and oxygen atoms in total. The molecular weight excluding hydrogens is 264 g/mol. The Kier molecular flexibility index (Phi) is 4.78. The van der Waals surface area contributed by atoms with Crippen LogP contribution in [0.25, 0.3) is 0 Å². The molecular formula is C17H24N2O2. The van der Waals surface area contributed by atoms with Crippen LogP contribution in [0.1, 0.15) is 38.8 Å². The van der Waals surface area contributed by atoms with Gasteiger partial charge in [-0.05, 0) is 12.0 Å². The number of hydrogen-bond acceptors (Lipinski definition) is 3. The van der Waals surface area contributed by atoms with Gasteiger partial charge in [0.1, 0.15) is 0 Å². The Morgan fingerprint density at radius 3 is 2.57 bits per heavy atom. The number of hydrogen-bond donors (Lipinski definition) is 1. The minimum absolute atomic E-state index is 0.00992. The van der Waals surface area contributed by atoms with Crippen molar-refractivity contribution in [1.29, 1.82) is 0 Å². The van der Waals surface area contributed by atoms with Crippen LogP contribution >= 0.6 is 0 Å². The van der Waals surface area contributed by atoms with Crippen LogP contribution in [-0.4, -0.2) is 36.2 Å². The highest BCUT2D eigenvalue weighted by molar-refractivity contribution is 5.91. The molecule has 0 bridgehead atoms. The molecule has 1 aromatic rings. The fourth-order valence-corrected chi connectivity index (χ4v) is 2.59. The van der Waals surface area contributed by atoms with Crippen molar-refractivity contribution in [3.63, 3.8) is 0 Å². The first-order chi connectivity index (χ1) is 9.95. The van der Waals surface area contributed by atoms with Gasteiger partial charge in [-0.1, -0.05) is 51.1 Å². The van der Waals surface area contributed by atoms with E-state index in [9.17, 15) is 9.59 Å². The summed E-state index contributed by atoms with van der Waals surface area (Å²) in [6.07, 6.45) is 0.787. The predicted molar refractivity (Wildman–Crippen MR) is 82.8 cm³/mol. The Hall–Kier alpha value is -1.68. The molecule has 1 fully saturated rings. The van der Waals surface area contributed by atoms with E-state index in [2.05, 4.69) is 5.32 Å². The number of nitrogens with zero attached hydrogens (tertiary/aromatic N) is 1. The van der Waals surface area contributed by atoms with Crippen LogP contribution in [-0.2, 0) is 9.59 Å². The molecule has 1 aliphatic heterocycles. The summed E-state index contributed by atoms with van der Waals surface area (Å²) in [6, 6.07) is 9.43. The monoisotopic (exact) mass is 288 g/mol. The van der Waals surface area contributed by atoms with Gasteiger partial charge in [0, 0.05) is 18.5 Å². The van der Waals surface area contributed by atoms with Crippen LogP contribution in [0.5, 0.6) is 0 Å². The van der Waals surface area contributed by atoms with Gasteiger partial charge >= 0.3 is 0 Å². The van der Waals surface area contributed by atoms with E-state index in [0.29, 0.717) is 13.1 Å². The minimum atomic E-state index is -0.394. The highest BCUT2D eigenvalue weighted by atomic mass is 16.2. The molecule has 1 aromatic carbocycles. The van der Waals surface area contributed by atoms with Crippen LogP contribution in [0.3, 0.4) is 0 Å². The van der Waals surface area contributed by atoms with Crippen molar-refractivity contribution < 1.29 is 9.59 Å². The molecule has 1 N–H and O–H groups in total. The molecule has 0 saturated carbocycles. The smallest absolute Gasteiger partial charge is 0.234 e. The normalized spacial score (nSPS) is 18.1. The van der Waals surface area contributed by atoms with Crippen molar-refractivity contribution in [2.24, 2.45) is 5.41 Å². The second-order valence-electron chi connectivity index (χ2n) is 6.24. The molecule has 1 saturated heterocycles. The molecule has 0 aromatic heterocycles. The van der Waals surface area contributed by atoms with E-state index in [-0.39, 0.29) is 24.3 Å². The Bertz CT molecular complexity index is 511. The van der Waals surface area contributed by atoms with Gasteiger partial charge in [0.2, 0.25) is 5.91 Å². The van der Waals surface area contributed by atoms with Crippen molar-refractivity contribution in [3.05, 3.63) is 35.9 Å². The average molecular weight is 288 g/mol. The van der Waals surface area contributed by atoms with Gasteiger partial charge in [0.05, 0.1) is 12.6 Å². The number of ketones is 1. The number of nitrogens with one attached hydrogen (secondary N) is 1. The maximum Gasteiger partial charge on any atom is 0.234 e. The van der Waals surface area contributed by atoms with Crippen LogP contribution in [0.4, 0.5) is 0 Å². The van der Waals surface area contributed by atoms with Crippen molar-refractivity contribution in [1.82, 2.24) is 10.2 Å². The number of carbonyl (C=O) groups is 2. The van der Waals surface area contributed by atoms with Crippen LogP contribution in [0.15, 0.2) is 30.3 Å². The summed E-state index contributed by atoms with van der Waals surface area (Å²) in [6.45, 7) is 7.58. The summed E-state index contributed by atoms with van der Waals surface area (Å²) < 4.78 is 0. The summed E-state index contributed by atoms with van der Waals surface area (Å²) in [5.74, 6) is 0.176. The highest BCUT2D eigenvalue weighted by Gasteiger charge is 2.38. The Morgan fingerprint density at radius 1 is 1.33 bits per heavy atom. The van der Waals surface area contributed by atoms with E-state index in [1.54, 1.807) is 0 Å². The van der Waals surface area contributed by atoms with Gasteiger partial charge in [-0.25, -0.2) is 0 Å². The zero-order chi connectivity index (χ0) is 15.5. The molecule has 21 heavy (non-hydrogen) atoms. The number of Topliss-reactive ketones (excluding diaryl/α,β-unsaturated/α-hetero) is 1. The first-order valence-electron chi connectivity index (χ1n) is 7.55. The third-order valence-electron chi connectivity index (χ3n) is 4.35. The van der Waals surface area contributed by atoms with Gasteiger partial charge in [-0.3, -0.25) is 14.5 Å². The van der Waals surface area contributed by atoms with E-state index >= 15 is 0 Å². The number of amides is 1. The zero-order valence-corrected chi connectivity index (χ0v) is 13.1. The summed E-state index contributed by atoms with van der Waals surface area (Å²) >= 11 is 0. The molecule has 1 amide bonds. The molecule has 0 aliphatic carbocycles. The molecule has 1 atom stereocenters. The van der Waals surface area contributed by atoms with Gasteiger partial charge in [0.25, 0.3) is 0 Å². The lowest BCUT2D eigenvalue weighted by Crippen LogP contribution is -2.52. The van der Waals surface area contributed by atoms with E-state index in [1.165, 1.54) is 0 Å². The quantitative estimate of drug-likeness (QED) is 0.903. The van der Waals surface area contributed by atoms with Crippen LogP contribution in [0, 0.1) is 5.41 Å². The number of rotatable bonds is 5. The van der Waals surface area contributed by atoms with Crippen molar-refractivity contribution in [2.45, 2.75) is 33.2 Å². The summed E-state index contributed by atoms with van der Waals surface area (Å²) in [5.41, 5.74) is 0.577. The van der Waals surface area contributed by atoms with Gasteiger partial charge in [-0.15, -0.1) is 0 Å². The van der Waals surface area contributed by atoms with Crippen LogP contribution < -0.4 is 5.32 Å². The minimum Gasteiger partial charge on any atom is -0.354 e. The Labute approximate surface area is 126 Å². The van der Waals surface area contributed by atoms with Gasteiger partial charge in [0.15, 0.2) is 5.78 Å². The maximum atomic E-state index is 13.0. The summed E-state index contributed by atoms with van der Waals surface area (Å²) in [5, 5.41) is 2.82. The molecule has 0 spiro atoms. The van der Waals surface area contributed by atoms with Crippen molar-refractivity contribution >= 4 is 11.7 Å². The number of benzene rings is 1.